The molecule has 1 aliphatic rings. The predicted molar refractivity (Wildman–Crippen MR) is 210 cm³/mol. The fourth-order valence-electron chi connectivity index (χ4n) is 8.55. The van der Waals surface area contributed by atoms with Crippen LogP contribution in [0, 0.1) is 0 Å². The van der Waals surface area contributed by atoms with Gasteiger partial charge in [-0.25, -0.2) is 0 Å². The molecule has 9 aromatic rings. The van der Waals surface area contributed by atoms with E-state index >= 15 is 0 Å². The van der Waals surface area contributed by atoms with Gasteiger partial charge in [-0.1, -0.05) is 153 Å². The fraction of sp³-hybridized carbons (Fsp3) is 0.0612. The smallest absolute Gasteiger partial charge is 0.0159 e. The molecule has 0 unspecified atom stereocenters. The van der Waals surface area contributed by atoms with Crippen LogP contribution in [-0.4, -0.2) is 0 Å². The van der Waals surface area contributed by atoms with E-state index in [-0.39, 0.29) is 5.41 Å². The first kappa shape index (κ1) is 28.1. The summed E-state index contributed by atoms with van der Waals surface area (Å²) in [7, 11) is 0. The molecule has 0 amide bonds. The summed E-state index contributed by atoms with van der Waals surface area (Å²) < 4.78 is 0. The lowest BCUT2D eigenvalue weighted by Crippen LogP contribution is -2.14. The van der Waals surface area contributed by atoms with Crippen LogP contribution < -0.4 is 0 Å². The highest BCUT2D eigenvalue weighted by atomic mass is 14.4. The van der Waals surface area contributed by atoms with Gasteiger partial charge in [0.2, 0.25) is 0 Å². The molecule has 0 fully saturated rings. The molecule has 0 atom stereocenters. The van der Waals surface area contributed by atoms with Crippen LogP contribution in [0.15, 0.2) is 170 Å². The van der Waals surface area contributed by atoms with Crippen molar-refractivity contribution in [3.63, 3.8) is 0 Å². The van der Waals surface area contributed by atoms with Crippen LogP contribution in [0.3, 0.4) is 0 Å². The number of rotatable bonds is 3. The zero-order chi connectivity index (χ0) is 32.7. The first-order valence-electron chi connectivity index (χ1n) is 17.3. The third kappa shape index (κ3) is 4.24. The van der Waals surface area contributed by atoms with Crippen molar-refractivity contribution in [2.24, 2.45) is 0 Å². The normalized spacial score (nSPS) is 13.3. The first-order valence-corrected chi connectivity index (χ1v) is 17.3. The summed E-state index contributed by atoms with van der Waals surface area (Å²) in [5.41, 5.74) is 13.0. The summed E-state index contributed by atoms with van der Waals surface area (Å²) >= 11 is 0. The highest BCUT2D eigenvalue weighted by Gasteiger charge is 2.35. The maximum Gasteiger partial charge on any atom is 0.0159 e. The van der Waals surface area contributed by atoms with Gasteiger partial charge in [-0.2, -0.15) is 0 Å². The van der Waals surface area contributed by atoms with E-state index in [9.17, 15) is 0 Å². The molecule has 0 heteroatoms. The van der Waals surface area contributed by atoms with Gasteiger partial charge in [-0.15, -0.1) is 0 Å². The number of hydrogen-bond acceptors (Lipinski definition) is 0. The number of benzene rings is 9. The second kappa shape index (κ2) is 10.5. The summed E-state index contributed by atoms with van der Waals surface area (Å²) in [4.78, 5) is 0. The van der Waals surface area contributed by atoms with E-state index in [0.29, 0.717) is 0 Å². The standard InChI is InChI=1S/C49H34/c1-49(2)46-21-10-9-19-41(46)45-28-34-23-22-33(27-37(34)30-47(45)49)32-14-11-15-35(26-32)39-17-7-8-20-42(39)48-40-18-6-4-13-36(40)29-44-38-16-5-3-12-31(38)24-25-43(44)48/h3-30H,1-2H3. The minimum absolute atomic E-state index is 0.0161. The second-order valence-corrected chi connectivity index (χ2v) is 14.1. The molecule has 230 valence electrons. The van der Waals surface area contributed by atoms with E-state index in [1.165, 1.54) is 98.7 Å². The number of hydrogen-bond donors (Lipinski definition) is 0. The molecule has 1 aliphatic carbocycles. The van der Waals surface area contributed by atoms with Gasteiger partial charge in [-0.3, -0.25) is 0 Å². The maximum atomic E-state index is 2.43. The van der Waals surface area contributed by atoms with Crippen LogP contribution in [0.4, 0.5) is 0 Å². The SMILES string of the molecule is CC1(C)c2ccccc2-c2cc3ccc(-c4cccc(-c5ccccc5-c5c6ccccc6cc6c5ccc5ccccc56)c4)cc3cc21. The number of fused-ring (bicyclic) bond motifs is 8. The van der Waals surface area contributed by atoms with Crippen molar-refractivity contribution < 1.29 is 0 Å². The van der Waals surface area contributed by atoms with Crippen molar-refractivity contribution in [1.29, 1.82) is 0 Å². The van der Waals surface area contributed by atoms with Crippen LogP contribution in [0.2, 0.25) is 0 Å². The van der Waals surface area contributed by atoms with Crippen LogP contribution in [-0.2, 0) is 5.41 Å². The molecule has 9 aromatic carbocycles. The highest BCUT2D eigenvalue weighted by Crippen LogP contribution is 2.50. The van der Waals surface area contributed by atoms with E-state index in [2.05, 4.69) is 184 Å². The van der Waals surface area contributed by atoms with Gasteiger partial charge in [-0.05, 0) is 129 Å². The van der Waals surface area contributed by atoms with Gasteiger partial charge in [0.05, 0.1) is 0 Å². The summed E-state index contributed by atoms with van der Waals surface area (Å²) in [5.74, 6) is 0. The molecule has 0 nitrogen and oxygen atoms in total. The van der Waals surface area contributed by atoms with Crippen LogP contribution in [0.25, 0.3) is 87.6 Å². The van der Waals surface area contributed by atoms with Crippen LogP contribution in [0.1, 0.15) is 25.0 Å². The van der Waals surface area contributed by atoms with E-state index < -0.39 is 0 Å². The quantitative estimate of drug-likeness (QED) is 0.136. The van der Waals surface area contributed by atoms with Gasteiger partial charge in [0.15, 0.2) is 0 Å². The molecule has 49 heavy (non-hydrogen) atoms. The van der Waals surface area contributed by atoms with Gasteiger partial charge in [0.25, 0.3) is 0 Å². The molecular formula is C49H34. The third-order valence-corrected chi connectivity index (χ3v) is 11.0. The lowest BCUT2D eigenvalue weighted by atomic mass is 9.82. The van der Waals surface area contributed by atoms with Gasteiger partial charge >= 0.3 is 0 Å². The molecule has 0 spiro atoms. The minimum Gasteiger partial charge on any atom is -0.0619 e. The average molecular weight is 623 g/mol. The van der Waals surface area contributed by atoms with Gasteiger partial charge in [0, 0.05) is 5.41 Å². The van der Waals surface area contributed by atoms with E-state index in [0.717, 1.165) is 0 Å². The van der Waals surface area contributed by atoms with Crippen molar-refractivity contribution in [3.8, 4) is 44.5 Å². The topological polar surface area (TPSA) is 0 Å². The summed E-state index contributed by atoms with van der Waals surface area (Å²) in [6, 6.07) is 63.2. The first-order chi connectivity index (χ1) is 24.0. The van der Waals surface area contributed by atoms with Crippen LogP contribution in [0.5, 0.6) is 0 Å². The molecule has 0 saturated heterocycles. The highest BCUT2D eigenvalue weighted by molar-refractivity contribution is 6.21. The molecule has 10 rings (SSSR count). The predicted octanol–water partition coefficient (Wildman–Crippen LogP) is 13.6. The average Bonchev–Trinajstić information content (AvgIpc) is 3.38. The van der Waals surface area contributed by atoms with Crippen molar-refractivity contribution in [2.75, 3.05) is 0 Å². The van der Waals surface area contributed by atoms with E-state index in [1.807, 2.05) is 0 Å². The van der Waals surface area contributed by atoms with Crippen molar-refractivity contribution in [3.05, 3.63) is 181 Å². The van der Waals surface area contributed by atoms with Crippen LogP contribution >= 0.6 is 0 Å². The Hall–Kier alpha value is -5.98. The Morgan fingerprint density at radius 1 is 0.306 bits per heavy atom. The van der Waals surface area contributed by atoms with E-state index in [4.69, 9.17) is 0 Å². The molecule has 0 aromatic heterocycles. The molecule has 0 aliphatic heterocycles. The fourth-order valence-corrected chi connectivity index (χ4v) is 8.55. The molecular weight excluding hydrogens is 589 g/mol. The van der Waals surface area contributed by atoms with E-state index in [1.54, 1.807) is 0 Å². The second-order valence-electron chi connectivity index (χ2n) is 14.1. The van der Waals surface area contributed by atoms with Gasteiger partial charge < -0.3 is 0 Å². The lowest BCUT2D eigenvalue weighted by Gasteiger charge is -2.21. The Labute approximate surface area is 286 Å². The lowest BCUT2D eigenvalue weighted by molar-refractivity contribution is 0.661. The molecule has 0 N–H and O–H groups in total. The minimum atomic E-state index is -0.0161. The summed E-state index contributed by atoms with van der Waals surface area (Å²) in [5, 5.41) is 10.3. The largest absolute Gasteiger partial charge is 0.0619 e. The van der Waals surface area contributed by atoms with Crippen molar-refractivity contribution in [1.82, 2.24) is 0 Å². The Balaban J connectivity index is 1.13. The maximum absolute atomic E-state index is 2.43. The summed E-state index contributed by atoms with van der Waals surface area (Å²) in [6.07, 6.45) is 0. The summed E-state index contributed by atoms with van der Waals surface area (Å²) in [6.45, 7) is 4.71. The van der Waals surface area contributed by atoms with Crippen molar-refractivity contribution >= 4 is 43.1 Å². The molecule has 0 radical (unpaired) electrons. The monoisotopic (exact) mass is 622 g/mol. The Bertz CT molecular complexity index is 2800. The third-order valence-electron chi connectivity index (χ3n) is 11.0. The zero-order valence-corrected chi connectivity index (χ0v) is 27.7. The molecule has 0 heterocycles. The molecule has 0 bridgehead atoms. The Kier molecular flexibility index (Phi) is 6.02. The zero-order valence-electron chi connectivity index (χ0n) is 27.7. The Morgan fingerprint density at radius 2 is 0.980 bits per heavy atom. The van der Waals surface area contributed by atoms with Gasteiger partial charge in [0.1, 0.15) is 0 Å². The van der Waals surface area contributed by atoms with Crippen molar-refractivity contribution in [2.45, 2.75) is 19.3 Å². The Morgan fingerprint density at radius 3 is 1.86 bits per heavy atom. The molecule has 0 saturated carbocycles.